The number of amides is 3. The van der Waals surface area contributed by atoms with Crippen LogP contribution in [0.25, 0.3) is 0 Å². The van der Waals surface area contributed by atoms with Crippen molar-refractivity contribution in [2.75, 3.05) is 11.1 Å². The van der Waals surface area contributed by atoms with Gasteiger partial charge in [0, 0.05) is 77.3 Å². The number of ether oxygens (including phenoxy) is 1. The monoisotopic (exact) mass is 676 g/mol. The van der Waals surface area contributed by atoms with Gasteiger partial charge in [-0.15, -0.1) is 0 Å². The second-order valence-electron chi connectivity index (χ2n) is 11.8. The van der Waals surface area contributed by atoms with Gasteiger partial charge in [-0.3, -0.25) is 24.5 Å². The number of hydrazone groups is 2. The van der Waals surface area contributed by atoms with Gasteiger partial charge in [-0.2, -0.15) is 10.2 Å². The van der Waals surface area contributed by atoms with Gasteiger partial charge in [-0.05, 0) is 43.7 Å². The number of carbonyl (C=O) groups excluding carboxylic acids is 4. The van der Waals surface area contributed by atoms with Crippen LogP contribution in [0.2, 0.25) is 0 Å². The predicted molar refractivity (Wildman–Crippen MR) is 184 cm³/mol. The fourth-order valence-electron chi connectivity index (χ4n) is 6.09. The highest BCUT2D eigenvalue weighted by molar-refractivity contribution is 6.10. The van der Waals surface area contributed by atoms with E-state index in [0.29, 0.717) is 59.0 Å². The number of nitrogens with zero attached hydrogens (tertiary/aromatic N) is 3. The van der Waals surface area contributed by atoms with Crippen molar-refractivity contribution in [3.8, 4) is 5.75 Å². The summed E-state index contributed by atoms with van der Waals surface area (Å²) in [4.78, 5) is 63.3. The lowest BCUT2D eigenvalue weighted by Gasteiger charge is -2.31. The van der Waals surface area contributed by atoms with E-state index in [1.54, 1.807) is 56.3 Å². The molecular weight excluding hydrogens is 644 g/mol. The van der Waals surface area contributed by atoms with Crippen LogP contribution in [-0.4, -0.2) is 40.0 Å². The van der Waals surface area contributed by atoms with E-state index in [9.17, 15) is 29.3 Å². The summed E-state index contributed by atoms with van der Waals surface area (Å²) in [7, 11) is 0. The zero-order chi connectivity index (χ0) is 35.5. The lowest BCUT2D eigenvalue weighted by molar-refractivity contribution is -0.385. The van der Waals surface area contributed by atoms with Crippen LogP contribution in [0.1, 0.15) is 62.1 Å². The van der Waals surface area contributed by atoms with Crippen LogP contribution in [0, 0.1) is 10.1 Å². The average molecular weight is 677 g/mol. The number of nitro benzene ring substituents is 1. The SMILES string of the molecule is CC1=C(C(=O)Nc2ccc(C3=NNC(=O)CC3)cc2)C(c2ccccc2[N+](=O)[O-])C(C(=O)Oc2cc(N)ccc2C2=NNC(=O)CC2)=C(C)N1. The van der Waals surface area contributed by atoms with Crippen LogP contribution in [0.4, 0.5) is 17.1 Å². The molecule has 0 radical (unpaired) electrons. The first-order valence-electron chi connectivity index (χ1n) is 15.7. The number of esters is 1. The van der Waals surface area contributed by atoms with Crippen molar-refractivity contribution >= 4 is 52.2 Å². The molecule has 15 heteroatoms. The third-order valence-electron chi connectivity index (χ3n) is 8.47. The van der Waals surface area contributed by atoms with Gasteiger partial charge in [0.25, 0.3) is 11.6 Å². The number of anilines is 2. The van der Waals surface area contributed by atoms with E-state index in [1.807, 2.05) is 0 Å². The van der Waals surface area contributed by atoms with E-state index in [1.165, 1.54) is 24.3 Å². The molecule has 1 atom stereocenters. The first kappa shape index (κ1) is 33.3. The molecule has 6 rings (SSSR count). The Kier molecular flexibility index (Phi) is 9.21. The summed E-state index contributed by atoms with van der Waals surface area (Å²) in [6.45, 7) is 3.26. The van der Waals surface area contributed by atoms with E-state index in [2.05, 4.69) is 31.7 Å². The number of nitrogens with two attached hydrogens (primary N) is 1. The summed E-state index contributed by atoms with van der Waals surface area (Å²) in [6, 6.07) is 17.4. The number of hydrogen-bond acceptors (Lipinski definition) is 11. The van der Waals surface area contributed by atoms with Gasteiger partial charge < -0.3 is 21.1 Å². The molecule has 0 spiro atoms. The van der Waals surface area contributed by atoms with Crippen molar-refractivity contribution in [1.82, 2.24) is 16.2 Å². The minimum atomic E-state index is -1.22. The largest absolute Gasteiger partial charge is 0.422 e. The van der Waals surface area contributed by atoms with Gasteiger partial charge in [0.1, 0.15) is 5.75 Å². The van der Waals surface area contributed by atoms with E-state index < -0.39 is 22.7 Å². The molecule has 0 saturated carbocycles. The molecule has 6 N–H and O–H groups in total. The zero-order valence-corrected chi connectivity index (χ0v) is 27.0. The van der Waals surface area contributed by atoms with E-state index in [0.717, 1.165) is 5.56 Å². The van der Waals surface area contributed by atoms with Crippen LogP contribution in [0.5, 0.6) is 5.75 Å². The Labute approximate surface area is 285 Å². The van der Waals surface area contributed by atoms with Gasteiger partial charge in [-0.1, -0.05) is 30.3 Å². The molecule has 3 aliphatic heterocycles. The average Bonchev–Trinajstić information content (AvgIpc) is 3.09. The fraction of sp³-hybridized carbons (Fsp3) is 0.200. The summed E-state index contributed by atoms with van der Waals surface area (Å²) < 4.78 is 5.96. The summed E-state index contributed by atoms with van der Waals surface area (Å²) in [6.07, 6.45) is 1.26. The van der Waals surface area contributed by atoms with Crippen molar-refractivity contribution in [2.45, 2.75) is 45.4 Å². The molecule has 0 aliphatic carbocycles. The van der Waals surface area contributed by atoms with Crippen molar-refractivity contribution in [1.29, 1.82) is 0 Å². The van der Waals surface area contributed by atoms with Crippen LogP contribution < -0.4 is 32.0 Å². The van der Waals surface area contributed by atoms with Gasteiger partial charge in [0.2, 0.25) is 11.8 Å². The number of benzene rings is 3. The van der Waals surface area contributed by atoms with Crippen molar-refractivity contribution in [2.24, 2.45) is 10.2 Å². The standard InChI is InChI=1S/C35H32N8O7/c1-18-31(34(46)38-22-10-7-20(8-11-22)25-13-15-29(44)41-39-25)33(24-5-3-4-6-27(24)43(48)49)32(19(2)37-18)35(47)50-28-17-21(36)9-12-23(28)26-14-16-30(45)42-40-26/h3-12,17,33,37H,13-16,36H2,1-2H3,(H,38,46)(H,41,44)(H,42,45). The molecule has 3 amide bonds. The van der Waals surface area contributed by atoms with Crippen molar-refractivity contribution in [3.63, 3.8) is 0 Å². The number of nitro groups is 1. The smallest absolute Gasteiger partial charge is 0.342 e. The van der Waals surface area contributed by atoms with E-state index in [4.69, 9.17) is 10.5 Å². The molecule has 3 aromatic rings. The molecule has 15 nitrogen and oxygen atoms in total. The van der Waals surface area contributed by atoms with Crippen LogP contribution in [-0.2, 0) is 19.2 Å². The highest BCUT2D eigenvalue weighted by Crippen LogP contribution is 2.43. The fourth-order valence-corrected chi connectivity index (χ4v) is 6.09. The number of dihydropyridines is 1. The van der Waals surface area contributed by atoms with E-state index in [-0.39, 0.29) is 46.4 Å². The highest BCUT2D eigenvalue weighted by atomic mass is 16.6. The topological polar surface area (TPSA) is 220 Å². The van der Waals surface area contributed by atoms with Crippen molar-refractivity contribution in [3.05, 3.63) is 116 Å². The summed E-state index contributed by atoms with van der Waals surface area (Å²) in [5, 5.41) is 26.4. The second-order valence-corrected chi connectivity index (χ2v) is 11.8. The first-order valence-corrected chi connectivity index (χ1v) is 15.7. The van der Waals surface area contributed by atoms with Gasteiger partial charge in [0.05, 0.1) is 27.8 Å². The van der Waals surface area contributed by atoms with Gasteiger partial charge >= 0.3 is 5.97 Å². The molecular formula is C35H32N8O7. The number of nitrogen functional groups attached to an aromatic ring is 1. The Morgan fingerprint density at radius 3 is 2.16 bits per heavy atom. The molecule has 0 aromatic heterocycles. The number of allylic oxidation sites excluding steroid dienone is 2. The molecule has 3 aliphatic rings. The van der Waals surface area contributed by atoms with Crippen LogP contribution >= 0.6 is 0 Å². The Bertz CT molecular complexity index is 2080. The normalized spacial score (nSPS) is 17.5. The number of para-hydroxylation sites is 1. The molecule has 50 heavy (non-hydrogen) atoms. The van der Waals surface area contributed by atoms with Gasteiger partial charge in [0.15, 0.2) is 0 Å². The third kappa shape index (κ3) is 6.82. The van der Waals surface area contributed by atoms with Crippen molar-refractivity contribution < 1.29 is 28.8 Å². The molecule has 254 valence electrons. The van der Waals surface area contributed by atoms with Crippen LogP contribution in [0.15, 0.2) is 99.5 Å². The number of hydrogen-bond donors (Lipinski definition) is 5. The van der Waals surface area contributed by atoms with Crippen LogP contribution in [0.3, 0.4) is 0 Å². The number of carbonyl (C=O) groups is 4. The van der Waals surface area contributed by atoms with E-state index >= 15 is 0 Å². The second kappa shape index (κ2) is 13.8. The molecule has 0 fully saturated rings. The molecule has 0 saturated heterocycles. The molecule has 3 aromatic carbocycles. The Morgan fingerprint density at radius 2 is 1.52 bits per heavy atom. The third-order valence-corrected chi connectivity index (χ3v) is 8.47. The Morgan fingerprint density at radius 1 is 0.880 bits per heavy atom. The highest BCUT2D eigenvalue weighted by Gasteiger charge is 2.40. The molecule has 1 unspecified atom stereocenters. The minimum Gasteiger partial charge on any atom is -0.422 e. The Balaban J connectivity index is 1.36. The lowest BCUT2D eigenvalue weighted by Crippen LogP contribution is -2.35. The summed E-state index contributed by atoms with van der Waals surface area (Å²) >= 11 is 0. The predicted octanol–water partition coefficient (Wildman–Crippen LogP) is 3.88. The lowest BCUT2D eigenvalue weighted by atomic mass is 9.79. The van der Waals surface area contributed by atoms with Gasteiger partial charge in [-0.25, -0.2) is 15.6 Å². The maximum absolute atomic E-state index is 14.3. The molecule has 0 bridgehead atoms. The summed E-state index contributed by atoms with van der Waals surface area (Å²) in [5.74, 6) is -3.06. The molecule has 3 heterocycles. The Hall–Kier alpha value is -6.64. The maximum atomic E-state index is 14.3. The zero-order valence-electron chi connectivity index (χ0n) is 27.0. The summed E-state index contributed by atoms with van der Waals surface area (Å²) in [5.41, 5.74) is 14.6. The minimum absolute atomic E-state index is 0.0324. The number of nitrogens with one attached hydrogen (secondary N) is 4. The maximum Gasteiger partial charge on any atom is 0.342 e. The quantitative estimate of drug-likeness (QED) is 0.0767. The number of rotatable bonds is 8. The first-order chi connectivity index (χ1) is 24.0.